The summed E-state index contributed by atoms with van der Waals surface area (Å²) >= 11 is 1.68. The minimum atomic E-state index is 0.493. The molecule has 1 aliphatic heterocycles. The normalized spacial score (nSPS) is 11.7. The zero-order chi connectivity index (χ0) is 18.4. The van der Waals surface area contributed by atoms with E-state index in [0.29, 0.717) is 23.0 Å². The monoisotopic (exact) mass is 373 g/mol. The number of hydrogen-bond acceptors (Lipinski definition) is 6. The van der Waals surface area contributed by atoms with Crippen molar-refractivity contribution in [2.75, 3.05) is 11.6 Å². The Morgan fingerprint density at radius 1 is 1.04 bits per heavy atom. The molecule has 0 radical (unpaired) electrons. The minimum Gasteiger partial charge on any atom is -0.426 e. The van der Waals surface area contributed by atoms with E-state index < -0.39 is 0 Å². The molecule has 5 rings (SSSR count). The van der Waals surface area contributed by atoms with Gasteiger partial charge in [0.2, 0.25) is 0 Å². The van der Waals surface area contributed by atoms with Crippen LogP contribution in [0.3, 0.4) is 0 Å². The molecule has 0 saturated heterocycles. The molecule has 4 heterocycles. The first-order chi connectivity index (χ1) is 13.3. The molecule has 7 heteroatoms. The second kappa shape index (κ2) is 6.14. The van der Waals surface area contributed by atoms with Crippen LogP contribution >= 0.6 is 11.8 Å². The Morgan fingerprint density at radius 3 is 2.70 bits per heavy atom. The summed E-state index contributed by atoms with van der Waals surface area (Å²) in [5, 5.41) is 14.3. The number of imidazole rings is 1. The van der Waals surface area contributed by atoms with Crippen molar-refractivity contribution in [2.45, 2.75) is 4.90 Å². The van der Waals surface area contributed by atoms with E-state index in [-0.39, 0.29) is 0 Å². The van der Waals surface area contributed by atoms with E-state index in [0.717, 1.165) is 32.0 Å². The van der Waals surface area contributed by atoms with Crippen LogP contribution in [-0.2, 0) is 0 Å². The van der Waals surface area contributed by atoms with Crippen molar-refractivity contribution in [2.24, 2.45) is 0 Å². The van der Waals surface area contributed by atoms with Gasteiger partial charge in [-0.25, -0.2) is 9.97 Å². The molecule has 4 aromatic rings. The Hall–Kier alpha value is -3.32. The molecule has 1 aromatic carbocycles. The number of nitrogens with zero attached hydrogens (tertiary/aromatic N) is 4. The molecular formula is C20H15N5OS. The molecule has 27 heavy (non-hydrogen) atoms. The van der Waals surface area contributed by atoms with Crippen molar-refractivity contribution < 1.29 is 5.21 Å². The van der Waals surface area contributed by atoms with Crippen LogP contribution < -0.4 is 5.32 Å². The molecule has 1 aliphatic rings. The minimum absolute atomic E-state index is 0.493. The van der Waals surface area contributed by atoms with Gasteiger partial charge in [-0.2, -0.15) is 4.73 Å². The number of thioether (sulfide) groups is 1. The van der Waals surface area contributed by atoms with Gasteiger partial charge in [0.05, 0.1) is 11.9 Å². The number of rotatable bonds is 2. The highest BCUT2D eigenvalue weighted by Gasteiger charge is 2.27. The van der Waals surface area contributed by atoms with E-state index in [2.05, 4.69) is 15.3 Å². The number of aromatic nitrogens is 4. The van der Waals surface area contributed by atoms with Gasteiger partial charge in [-0.15, -0.1) is 11.8 Å². The number of anilines is 2. The predicted molar refractivity (Wildman–Crippen MR) is 106 cm³/mol. The standard InChI is InChI=1S/C20H15N5OS/c1-27-13-6-4-12(5-7-13)20-24-17-14-8-10-21-11-16(14)23-19-15(3-2-9-22-19)18(17)25(20)26/h2-11,26H,1H3,(H,22,23). The van der Waals surface area contributed by atoms with Crippen LogP contribution in [0.1, 0.15) is 0 Å². The maximum absolute atomic E-state index is 11.0. The van der Waals surface area contributed by atoms with Gasteiger partial charge in [-0.3, -0.25) is 4.98 Å². The summed E-state index contributed by atoms with van der Waals surface area (Å²) in [6.45, 7) is 0. The van der Waals surface area contributed by atoms with E-state index in [1.165, 1.54) is 0 Å². The van der Waals surface area contributed by atoms with Crippen LogP contribution in [-0.4, -0.2) is 31.1 Å². The first kappa shape index (κ1) is 15.9. The van der Waals surface area contributed by atoms with Crippen LogP contribution in [0.25, 0.3) is 33.9 Å². The van der Waals surface area contributed by atoms with Crippen molar-refractivity contribution in [1.82, 2.24) is 19.7 Å². The average molecular weight is 373 g/mol. The van der Waals surface area contributed by atoms with E-state index in [9.17, 15) is 5.21 Å². The highest BCUT2D eigenvalue weighted by Crippen LogP contribution is 2.44. The lowest BCUT2D eigenvalue weighted by Gasteiger charge is -2.09. The summed E-state index contributed by atoms with van der Waals surface area (Å²) in [6.07, 6.45) is 7.21. The molecule has 3 aromatic heterocycles. The molecule has 2 N–H and O–H groups in total. The number of pyridine rings is 2. The maximum atomic E-state index is 11.0. The molecule has 0 spiro atoms. The third kappa shape index (κ3) is 2.47. The molecule has 0 bridgehead atoms. The Bertz CT molecular complexity index is 1150. The lowest BCUT2D eigenvalue weighted by atomic mass is 10.1. The van der Waals surface area contributed by atoms with Crippen molar-refractivity contribution >= 4 is 23.3 Å². The molecule has 0 saturated carbocycles. The summed E-state index contributed by atoms with van der Waals surface area (Å²) in [6, 6.07) is 13.6. The van der Waals surface area contributed by atoms with Crippen LogP contribution in [0.2, 0.25) is 0 Å². The van der Waals surface area contributed by atoms with Crippen molar-refractivity contribution in [3.8, 4) is 33.9 Å². The topological polar surface area (TPSA) is 75.9 Å². The Labute approximate surface area is 159 Å². The van der Waals surface area contributed by atoms with Crippen molar-refractivity contribution in [1.29, 1.82) is 0 Å². The average Bonchev–Trinajstić information content (AvgIpc) is 2.98. The van der Waals surface area contributed by atoms with Gasteiger partial charge >= 0.3 is 0 Å². The molecule has 0 fully saturated rings. The van der Waals surface area contributed by atoms with E-state index >= 15 is 0 Å². The highest BCUT2D eigenvalue weighted by molar-refractivity contribution is 7.98. The summed E-state index contributed by atoms with van der Waals surface area (Å²) in [5.74, 6) is 1.15. The number of fused-ring (bicyclic) bond motifs is 5. The van der Waals surface area contributed by atoms with Crippen LogP contribution in [0, 0.1) is 0 Å². The van der Waals surface area contributed by atoms with Gasteiger partial charge in [-0.05, 0) is 36.6 Å². The number of nitrogens with one attached hydrogen (secondary N) is 1. The first-order valence-electron chi connectivity index (χ1n) is 8.39. The van der Waals surface area contributed by atoms with Crippen LogP contribution in [0.4, 0.5) is 11.5 Å². The lowest BCUT2D eigenvalue weighted by molar-refractivity contribution is 0.195. The van der Waals surface area contributed by atoms with Crippen LogP contribution in [0.5, 0.6) is 0 Å². The van der Waals surface area contributed by atoms with Gasteiger partial charge in [0.25, 0.3) is 0 Å². The maximum Gasteiger partial charge on any atom is 0.176 e. The van der Waals surface area contributed by atoms with Crippen molar-refractivity contribution in [3.63, 3.8) is 0 Å². The number of benzene rings is 1. The Morgan fingerprint density at radius 2 is 1.89 bits per heavy atom. The SMILES string of the molecule is CSc1ccc(-c2nc3c(n2O)-c2cccnc2Nc2cnccc2-3)cc1. The van der Waals surface area contributed by atoms with E-state index in [1.807, 2.05) is 48.7 Å². The Balaban J connectivity index is 1.80. The molecule has 0 atom stereocenters. The molecule has 0 aliphatic carbocycles. The fourth-order valence-corrected chi connectivity index (χ4v) is 3.70. The van der Waals surface area contributed by atoms with Gasteiger partial charge < -0.3 is 10.5 Å². The fraction of sp³-hybridized carbons (Fsp3) is 0.0500. The second-order valence-corrected chi connectivity index (χ2v) is 7.00. The van der Waals surface area contributed by atoms with Crippen LogP contribution in [0.15, 0.2) is 66.0 Å². The lowest BCUT2D eigenvalue weighted by Crippen LogP contribution is -2.00. The Kier molecular flexibility index (Phi) is 3.61. The summed E-state index contributed by atoms with van der Waals surface area (Å²) < 4.78 is 1.15. The number of hydrogen-bond donors (Lipinski definition) is 2. The quantitative estimate of drug-likeness (QED) is 0.345. The zero-order valence-electron chi connectivity index (χ0n) is 14.4. The van der Waals surface area contributed by atoms with Gasteiger partial charge in [0.1, 0.15) is 17.2 Å². The van der Waals surface area contributed by atoms with E-state index in [1.54, 1.807) is 30.4 Å². The largest absolute Gasteiger partial charge is 0.426 e. The third-order valence-corrected chi connectivity index (χ3v) is 5.34. The van der Waals surface area contributed by atoms with Gasteiger partial charge in [0.15, 0.2) is 5.82 Å². The summed E-state index contributed by atoms with van der Waals surface area (Å²) in [4.78, 5) is 14.6. The molecule has 0 amide bonds. The smallest absolute Gasteiger partial charge is 0.176 e. The highest BCUT2D eigenvalue weighted by atomic mass is 32.2. The van der Waals surface area contributed by atoms with Crippen molar-refractivity contribution in [3.05, 3.63) is 61.1 Å². The molecule has 6 nitrogen and oxygen atoms in total. The first-order valence-corrected chi connectivity index (χ1v) is 9.62. The zero-order valence-corrected chi connectivity index (χ0v) is 15.2. The molecule has 132 valence electrons. The summed E-state index contributed by atoms with van der Waals surface area (Å²) in [7, 11) is 0. The van der Waals surface area contributed by atoms with Gasteiger partial charge in [0, 0.05) is 34.0 Å². The fourth-order valence-electron chi connectivity index (χ4n) is 3.29. The second-order valence-electron chi connectivity index (χ2n) is 6.12. The van der Waals surface area contributed by atoms with Gasteiger partial charge in [-0.1, -0.05) is 12.1 Å². The molecule has 0 unspecified atom stereocenters. The predicted octanol–water partition coefficient (Wildman–Crippen LogP) is 4.69. The summed E-state index contributed by atoms with van der Waals surface area (Å²) in [5.41, 5.74) is 4.60. The molecular weight excluding hydrogens is 358 g/mol. The third-order valence-electron chi connectivity index (χ3n) is 4.59. The van der Waals surface area contributed by atoms with E-state index in [4.69, 9.17) is 4.98 Å².